The van der Waals surface area contributed by atoms with Gasteiger partial charge in [0.1, 0.15) is 11.7 Å². The number of esters is 3. The Bertz CT molecular complexity index is 1070. The monoisotopic (exact) mass is 576 g/mol. The van der Waals surface area contributed by atoms with Crippen LogP contribution < -0.4 is 0 Å². The number of fused-ring (bicyclic) bond motifs is 4. The number of aliphatic hydroxyl groups is 2. The van der Waals surface area contributed by atoms with Gasteiger partial charge in [0.25, 0.3) is 0 Å². The quantitative estimate of drug-likeness (QED) is 0.228. The standard InChI is InChI=1S/C33H52O8/c1-18(2)10-9-11-19(3)24-12-13-25-27-28(26(37)17-31(24,25)7)32(8)15-14-23(39-20(4)34)16-33(32,38)30(41-22(6)36)29(27)40-21(5)35/h18-19,23-26,29-30,37-38H,9-17H2,1-8H3. The zero-order valence-electron chi connectivity index (χ0n) is 26.3. The fourth-order valence-corrected chi connectivity index (χ4v) is 9.52. The van der Waals surface area contributed by atoms with Crippen LogP contribution in [0, 0.1) is 34.5 Å². The summed E-state index contributed by atoms with van der Waals surface area (Å²) in [5.41, 5.74) is -1.34. The van der Waals surface area contributed by atoms with Crippen molar-refractivity contribution in [2.45, 2.75) is 143 Å². The van der Waals surface area contributed by atoms with Gasteiger partial charge in [-0.15, -0.1) is 0 Å². The van der Waals surface area contributed by atoms with Crippen LogP contribution in [-0.4, -0.2) is 58.1 Å². The molecule has 0 radical (unpaired) electrons. The first kappa shape index (κ1) is 32.0. The van der Waals surface area contributed by atoms with Gasteiger partial charge in [0.15, 0.2) is 12.2 Å². The van der Waals surface area contributed by atoms with E-state index < -0.39 is 53.3 Å². The maximum Gasteiger partial charge on any atom is 0.303 e. The smallest absolute Gasteiger partial charge is 0.303 e. The predicted octanol–water partition coefficient (Wildman–Crippen LogP) is 5.27. The highest BCUT2D eigenvalue weighted by Gasteiger charge is 2.70. The summed E-state index contributed by atoms with van der Waals surface area (Å²) < 4.78 is 17.4. The zero-order chi connectivity index (χ0) is 30.5. The average molecular weight is 577 g/mol. The first-order valence-corrected chi connectivity index (χ1v) is 15.7. The molecule has 0 spiro atoms. The number of hydrogen-bond acceptors (Lipinski definition) is 8. The van der Waals surface area contributed by atoms with Gasteiger partial charge in [0, 0.05) is 32.6 Å². The summed E-state index contributed by atoms with van der Waals surface area (Å²) in [6.07, 6.45) is 3.26. The van der Waals surface area contributed by atoms with E-state index in [0.717, 1.165) is 30.4 Å². The van der Waals surface area contributed by atoms with Gasteiger partial charge in [0.2, 0.25) is 0 Å². The van der Waals surface area contributed by atoms with Gasteiger partial charge in [-0.1, -0.05) is 53.9 Å². The van der Waals surface area contributed by atoms with Crippen molar-refractivity contribution in [1.82, 2.24) is 0 Å². The van der Waals surface area contributed by atoms with Gasteiger partial charge in [-0.25, -0.2) is 0 Å². The molecule has 8 nitrogen and oxygen atoms in total. The average Bonchev–Trinajstić information content (AvgIpc) is 3.17. The highest BCUT2D eigenvalue weighted by Crippen LogP contribution is 2.67. The van der Waals surface area contributed by atoms with Gasteiger partial charge in [-0.05, 0) is 72.3 Å². The van der Waals surface area contributed by atoms with Crippen molar-refractivity contribution in [1.29, 1.82) is 0 Å². The second kappa shape index (κ2) is 11.6. The normalized spacial score (nSPS) is 40.8. The van der Waals surface area contributed by atoms with E-state index in [4.69, 9.17) is 14.2 Å². The second-order valence-corrected chi connectivity index (χ2v) is 14.4. The van der Waals surface area contributed by atoms with Crippen molar-refractivity contribution in [3.63, 3.8) is 0 Å². The van der Waals surface area contributed by atoms with Crippen molar-refractivity contribution >= 4 is 17.9 Å². The fourth-order valence-electron chi connectivity index (χ4n) is 9.52. The molecule has 10 unspecified atom stereocenters. The Balaban J connectivity index is 1.83. The minimum absolute atomic E-state index is 0.0136. The Morgan fingerprint density at radius 3 is 2.12 bits per heavy atom. The maximum atomic E-state index is 12.6. The van der Waals surface area contributed by atoms with Crippen molar-refractivity contribution < 1.29 is 38.8 Å². The molecule has 4 aliphatic carbocycles. The van der Waals surface area contributed by atoms with Crippen LogP contribution in [0.4, 0.5) is 0 Å². The van der Waals surface area contributed by atoms with E-state index in [1.165, 1.54) is 33.6 Å². The maximum absolute atomic E-state index is 12.6. The number of ether oxygens (including phenoxy) is 3. The van der Waals surface area contributed by atoms with Gasteiger partial charge >= 0.3 is 17.9 Å². The molecule has 0 amide bonds. The van der Waals surface area contributed by atoms with E-state index in [1.807, 2.05) is 6.92 Å². The Kier molecular flexibility index (Phi) is 9.08. The summed E-state index contributed by atoms with van der Waals surface area (Å²) in [7, 11) is 0. The molecule has 4 aliphatic rings. The molecule has 0 aromatic carbocycles. The summed E-state index contributed by atoms with van der Waals surface area (Å²) in [6, 6.07) is 0. The number of aliphatic hydroxyl groups excluding tert-OH is 1. The lowest BCUT2D eigenvalue weighted by atomic mass is 9.46. The number of hydrogen-bond donors (Lipinski definition) is 2. The topological polar surface area (TPSA) is 119 Å². The lowest BCUT2D eigenvalue weighted by Crippen LogP contribution is -2.70. The molecule has 0 saturated heterocycles. The molecule has 2 saturated carbocycles. The number of carbonyl (C=O) groups is 3. The molecule has 0 aliphatic heterocycles. The summed E-state index contributed by atoms with van der Waals surface area (Å²) in [5, 5.41) is 24.6. The van der Waals surface area contributed by atoms with Crippen LogP contribution in [0.2, 0.25) is 0 Å². The fraction of sp³-hybridized carbons (Fsp3) is 0.848. The predicted molar refractivity (Wildman–Crippen MR) is 153 cm³/mol. The van der Waals surface area contributed by atoms with Gasteiger partial charge in [-0.3, -0.25) is 14.4 Å². The molecule has 0 bridgehead atoms. The number of carbonyl (C=O) groups excluding carboxylic acids is 3. The summed E-state index contributed by atoms with van der Waals surface area (Å²) in [5.74, 6) is -0.0362. The summed E-state index contributed by atoms with van der Waals surface area (Å²) in [6.45, 7) is 15.0. The molecule has 0 aromatic heterocycles. The lowest BCUT2D eigenvalue weighted by molar-refractivity contribution is -0.239. The third kappa shape index (κ3) is 5.60. The molecule has 10 atom stereocenters. The van der Waals surface area contributed by atoms with Gasteiger partial charge in [-0.2, -0.15) is 0 Å². The first-order valence-electron chi connectivity index (χ1n) is 15.7. The SMILES string of the molecule is CC(=O)OC1CCC2(C)C3=C(C(OC(C)=O)C(OC(C)=O)C2(O)C1)C1CCC(C(C)CCCC(C)C)C1(C)CC3O. The van der Waals surface area contributed by atoms with Crippen LogP contribution in [0.1, 0.15) is 113 Å². The molecule has 232 valence electrons. The lowest BCUT2D eigenvalue weighted by Gasteiger charge is -2.62. The van der Waals surface area contributed by atoms with Crippen LogP contribution in [0.25, 0.3) is 0 Å². The molecule has 0 heterocycles. The van der Waals surface area contributed by atoms with E-state index in [1.54, 1.807) is 0 Å². The van der Waals surface area contributed by atoms with Crippen LogP contribution in [0.5, 0.6) is 0 Å². The minimum Gasteiger partial charge on any atom is -0.462 e. The van der Waals surface area contributed by atoms with Gasteiger partial charge < -0.3 is 24.4 Å². The van der Waals surface area contributed by atoms with E-state index in [9.17, 15) is 24.6 Å². The summed E-state index contributed by atoms with van der Waals surface area (Å²) in [4.78, 5) is 36.9. The Hall–Kier alpha value is -1.93. The Labute approximate surface area is 245 Å². The molecular formula is C33H52O8. The third-order valence-corrected chi connectivity index (χ3v) is 11.2. The molecule has 8 heteroatoms. The molecular weight excluding hydrogens is 524 g/mol. The van der Waals surface area contributed by atoms with E-state index in [2.05, 4.69) is 27.7 Å². The largest absolute Gasteiger partial charge is 0.462 e. The summed E-state index contributed by atoms with van der Waals surface area (Å²) >= 11 is 0. The van der Waals surface area contributed by atoms with Crippen molar-refractivity contribution in [3.8, 4) is 0 Å². The molecule has 41 heavy (non-hydrogen) atoms. The highest BCUT2D eigenvalue weighted by molar-refractivity contribution is 5.69. The first-order chi connectivity index (χ1) is 19.0. The van der Waals surface area contributed by atoms with Crippen molar-refractivity contribution in [3.05, 3.63) is 11.1 Å². The van der Waals surface area contributed by atoms with Crippen molar-refractivity contribution in [2.24, 2.45) is 34.5 Å². The molecule has 4 rings (SSSR count). The van der Waals surface area contributed by atoms with Crippen LogP contribution >= 0.6 is 0 Å². The van der Waals surface area contributed by atoms with Crippen LogP contribution in [-0.2, 0) is 28.6 Å². The Morgan fingerprint density at radius 2 is 1.54 bits per heavy atom. The minimum atomic E-state index is -1.72. The van der Waals surface area contributed by atoms with E-state index in [0.29, 0.717) is 37.0 Å². The molecule has 2 fully saturated rings. The third-order valence-electron chi connectivity index (χ3n) is 11.2. The molecule has 2 N–H and O–H groups in total. The van der Waals surface area contributed by atoms with Crippen LogP contribution in [0.3, 0.4) is 0 Å². The Morgan fingerprint density at radius 1 is 0.902 bits per heavy atom. The van der Waals surface area contributed by atoms with Crippen LogP contribution in [0.15, 0.2) is 11.1 Å². The van der Waals surface area contributed by atoms with Gasteiger partial charge in [0.05, 0.1) is 6.10 Å². The second-order valence-electron chi connectivity index (χ2n) is 14.4. The number of rotatable bonds is 8. The zero-order valence-corrected chi connectivity index (χ0v) is 26.3. The van der Waals surface area contributed by atoms with Crippen molar-refractivity contribution in [2.75, 3.05) is 0 Å². The highest BCUT2D eigenvalue weighted by atomic mass is 16.6. The van der Waals surface area contributed by atoms with E-state index >= 15 is 0 Å². The van der Waals surface area contributed by atoms with E-state index in [-0.39, 0.29) is 17.8 Å². The molecule has 0 aromatic rings.